The van der Waals surface area contributed by atoms with Crippen molar-refractivity contribution in [1.29, 1.82) is 0 Å². The van der Waals surface area contributed by atoms with Gasteiger partial charge in [0.2, 0.25) is 0 Å². The van der Waals surface area contributed by atoms with Crippen LogP contribution in [0.2, 0.25) is 0 Å². The SMILES string of the molecule is Cc1c(C(=O)Nc2cccnc2C(=O)O)cnn1C. The van der Waals surface area contributed by atoms with Gasteiger partial charge in [-0.2, -0.15) is 5.10 Å². The van der Waals surface area contributed by atoms with Crippen LogP contribution in [0, 0.1) is 6.92 Å². The highest BCUT2D eigenvalue weighted by atomic mass is 16.4. The molecule has 0 aromatic carbocycles. The van der Waals surface area contributed by atoms with Gasteiger partial charge in [0.05, 0.1) is 17.4 Å². The van der Waals surface area contributed by atoms with Gasteiger partial charge in [-0.05, 0) is 19.1 Å². The summed E-state index contributed by atoms with van der Waals surface area (Å²) >= 11 is 0. The van der Waals surface area contributed by atoms with E-state index in [4.69, 9.17) is 5.11 Å². The first-order chi connectivity index (χ1) is 9.00. The molecule has 0 bridgehead atoms. The van der Waals surface area contributed by atoms with Crippen LogP contribution < -0.4 is 5.32 Å². The van der Waals surface area contributed by atoms with Gasteiger partial charge in [0.25, 0.3) is 5.91 Å². The first kappa shape index (κ1) is 12.7. The van der Waals surface area contributed by atoms with Crippen LogP contribution in [0.3, 0.4) is 0 Å². The molecule has 7 nitrogen and oxygen atoms in total. The van der Waals surface area contributed by atoms with Crippen molar-refractivity contribution in [2.75, 3.05) is 5.32 Å². The monoisotopic (exact) mass is 260 g/mol. The number of rotatable bonds is 3. The van der Waals surface area contributed by atoms with Crippen molar-refractivity contribution in [3.63, 3.8) is 0 Å². The quantitative estimate of drug-likeness (QED) is 0.860. The largest absolute Gasteiger partial charge is 0.476 e. The molecule has 2 N–H and O–H groups in total. The molecule has 98 valence electrons. The van der Waals surface area contributed by atoms with Crippen molar-refractivity contribution in [3.05, 3.63) is 41.5 Å². The van der Waals surface area contributed by atoms with Gasteiger partial charge in [-0.1, -0.05) is 0 Å². The third-order valence-electron chi connectivity index (χ3n) is 2.74. The van der Waals surface area contributed by atoms with Crippen LogP contribution in [0.5, 0.6) is 0 Å². The summed E-state index contributed by atoms with van der Waals surface area (Å²) in [5.74, 6) is -1.61. The minimum atomic E-state index is -1.20. The van der Waals surface area contributed by atoms with Gasteiger partial charge >= 0.3 is 5.97 Å². The number of amides is 1. The number of aromatic nitrogens is 3. The normalized spacial score (nSPS) is 10.2. The van der Waals surface area contributed by atoms with Crippen LogP contribution in [0.15, 0.2) is 24.5 Å². The minimum absolute atomic E-state index is 0.156. The molecular formula is C12H12N4O3. The molecule has 0 fully saturated rings. The van der Waals surface area contributed by atoms with Gasteiger partial charge in [-0.15, -0.1) is 0 Å². The molecule has 19 heavy (non-hydrogen) atoms. The van der Waals surface area contributed by atoms with E-state index < -0.39 is 11.9 Å². The summed E-state index contributed by atoms with van der Waals surface area (Å²) in [4.78, 5) is 26.7. The van der Waals surface area contributed by atoms with Crippen molar-refractivity contribution >= 4 is 17.6 Å². The van der Waals surface area contributed by atoms with E-state index in [2.05, 4.69) is 15.4 Å². The molecule has 0 spiro atoms. The third-order valence-corrected chi connectivity index (χ3v) is 2.74. The number of hydrogen-bond donors (Lipinski definition) is 2. The summed E-state index contributed by atoms with van der Waals surface area (Å²) in [5.41, 5.74) is 1.04. The summed E-state index contributed by atoms with van der Waals surface area (Å²) < 4.78 is 1.57. The lowest BCUT2D eigenvalue weighted by Crippen LogP contribution is -2.16. The van der Waals surface area contributed by atoms with Crippen LogP contribution in [0.25, 0.3) is 0 Å². The van der Waals surface area contributed by atoms with E-state index in [0.29, 0.717) is 11.3 Å². The van der Waals surface area contributed by atoms with E-state index in [1.165, 1.54) is 18.5 Å². The highest BCUT2D eigenvalue weighted by molar-refractivity contribution is 6.07. The van der Waals surface area contributed by atoms with E-state index in [1.54, 1.807) is 24.7 Å². The fourth-order valence-electron chi connectivity index (χ4n) is 1.59. The van der Waals surface area contributed by atoms with Crippen molar-refractivity contribution in [2.45, 2.75) is 6.92 Å². The maximum atomic E-state index is 12.0. The Bertz CT molecular complexity index is 648. The molecule has 2 aromatic heterocycles. The lowest BCUT2D eigenvalue weighted by molar-refractivity contribution is 0.0692. The van der Waals surface area contributed by atoms with Crippen molar-refractivity contribution in [2.24, 2.45) is 7.05 Å². The number of carboxylic acids is 1. The molecule has 2 aromatic rings. The Kier molecular flexibility index (Phi) is 3.28. The fraction of sp³-hybridized carbons (Fsp3) is 0.167. The molecule has 0 atom stereocenters. The topological polar surface area (TPSA) is 97.1 Å². The molecule has 0 saturated carbocycles. The Labute approximate surface area is 108 Å². The number of nitrogens with zero attached hydrogens (tertiary/aromatic N) is 3. The molecule has 0 saturated heterocycles. The molecule has 7 heteroatoms. The third kappa shape index (κ3) is 2.44. The van der Waals surface area contributed by atoms with E-state index in [-0.39, 0.29) is 11.4 Å². The predicted octanol–water partition coefficient (Wildman–Crippen LogP) is 1.07. The number of carbonyl (C=O) groups is 2. The maximum Gasteiger partial charge on any atom is 0.356 e. The van der Waals surface area contributed by atoms with Crippen LogP contribution in [0.4, 0.5) is 5.69 Å². The van der Waals surface area contributed by atoms with Gasteiger partial charge in [-0.3, -0.25) is 9.48 Å². The number of carbonyl (C=O) groups excluding carboxylic acids is 1. The number of hydrogen-bond acceptors (Lipinski definition) is 4. The van der Waals surface area contributed by atoms with Crippen molar-refractivity contribution < 1.29 is 14.7 Å². The molecule has 2 heterocycles. The standard InChI is InChI=1S/C12H12N4O3/c1-7-8(6-14-16(7)2)11(17)15-9-4-3-5-13-10(9)12(18)19/h3-6H,1-2H3,(H,15,17)(H,18,19). The predicted molar refractivity (Wildman–Crippen MR) is 67.1 cm³/mol. The van der Waals surface area contributed by atoms with Crippen LogP contribution in [-0.4, -0.2) is 31.7 Å². The average molecular weight is 260 g/mol. The lowest BCUT2D eigenvalue weighted by atomic mass is 10.2. The zero-order chi connectivity index (χ0) is 14.0. The molecule has 0 radical (unpaired) electrons. The number of carboxylic acid groups (broad SMARTS) is 1. The molecule has 0 aliphatic heterocycles. The molecule has 0 unspecified atom stereocenters. The first-order valence-corrected chi connectivity index (χ1v) is 5.49. The number of pyridine rings is 1. The summed E-state index contributed by atoms with van der Waals surface area (Å²) in [7, 11) is 1.72. The molecular weight excluding hydrogens is 248 g/mol. The highest BCUT2D eigenvalue weighted by Gasteiger charge is 2.17. The second-order valence-electron chi connectivity index (χ2n) is 3.93. The number of aromatic carboxylic acids is 1. The van der Waals surface area contributed by atoms with Crippen molar-refractivity contribution in [3.8, 4) is 0 Å². The van der Waals surface area contributed by atoms with Crippen LogP contribution >= 0.6 is 0 Å². The Morgan fingerprint density at radius 3 is 2.74 bits per heavy atom. The molecule has 0 aliphatic rings. The second kappa shape index (κ2) is 4.89. The van der Waals surface area contributed by atoms with Gasteiger partial charge in [0, 0.05) is 18.9 Å². The number of aryl methyl sites for hydroxylation is 1. The van der Waals surface area contributed by atoms with E-state index in [9.17, 15) is 9.59 Å². The van der Waals surface area contributed by atoms with Gasteiger partial charge in [0.1, 0.15) is 0 Å². The average Bonchev–Trinajstić information content (AvgIpc) is 2.70. The minimum Gasteiger partial charge on any atom is -0.476 e. The van der Waals surface area contributed by atoms with Gasteiger partial charge in [-0.25, -0.2) is 9.78 Å². The fourth-order valence-corrected chi connectivity index (χ4v) is 1.59. The number of anilines is 1. The smallest absolute Gasteiger partial charge is 0.356 e. The first-order valence-electron chi connectivity index (χ1n) is 5.49. The Morgan fingerprint density at radius 1 is 1.42 bits per heavy atom. The zero-order valence-electron chi connectivity index (χ0n) is 10.4. The molecule has 2 rings (SSSR count). The summed E-state index contributed by atoms with van der Waals surface area (Å²) in [6, 6.07) is 3.04. The highest BCUT2D eigenvalue weighted by Crippen LogP contribution is 2.15. The van der Waals surface area contributed by atoms with E-state index in [1.807, 2.05) is 0 Å². The summed E-state index contributed by atoms with van der Waals surface area (Å²) in [6.07, 6.45) is 2.79. The Balaban J connectivity index is 2.29. The van der Waals surface area contributed by atoms with Crippen LogP contribution in [-0.2, 0) is 7.05 Å². The van der Waals surface area contributed by atoms with Crippen LogP contribution in [0.1, 0.15) is 26.5 Å². The maximum absolute atomic E-state index is 12.0. The van der Waals surface area contributed by atoms with E-state index in [0.717, 1.165) is 0 Å². The summed E-state index contributed by atoms with van der Waals surface area (Å²) in [6.45, 7) is 1.75. The Morgan fingerprint density at radius 2 is 2.16 bits per heavy atom. The summed E-state index contributed by atoms with van der Waals surface area (Å²) in [5, 5.41) is 15.5. The Hall–Kier alpha value is -2.70. The van der Waals surface area contributed by atoms with Crippen molar-refractivity contribution in [1.82, 2.24) is 14.8 Å². The number of nitrogens with one attached hydrogen (secondary N) is 1. The molecule has 1 amide bonds. The lowest BCUT2D eigenvalue weighted by Gasteiger charge is -2.07. The molecule has 0 aliphatic carbocycles. The van der Waals surface area contributed by atoms with Gasteiger partial charge < -0.3 is 10.4 Å². The zero-order valence-corrected chi connectivity index (χ0v) is 10.4. The second-order valence-corrected chi connectivity index (χ2v) is 3.93. The van der Waals surface area contributed by atoms with E-state index >= 15 is 0 Å². The van der Waals surface area contributed by atoms with Gasteiger partial charge in [0.15, 0.2) is 5.69 Å².